The zero-order chi connectivity index (χ0) is 10.8. The van der Waals surface area contributed by atoms with Gasteiger partial charge in [-0.25, -0.2) is 4.39 Å². The van der Waals surface area contributed by atoms with Crippen molar-refractivity contribution in [2.45, 2.75) is 37.5 Å². The standard InChI is InChI=1S/C10H17FN2O2/c11-7-3-9(6-14)13(4-7)5-10(15)12-8-1-2-8/h7-9,14H,1-6H2,(H,12,15)/t7-,9-/m0/s1. The van der Waals surface area contributed by atoms with Gasteiger partial charge in [0, 0.05) is 18.6 Å². The largest absolute Gasteiger partial charge is 0.395 e. The number of amides is 1. The van der Waals surface area contributed by atoms with E-state index in [1.54, 1.807) is 4.90 Å². The highest BCUT2D eigenvalue weighted by atomic mass is 19.1. The Kier molecular flexibility index (Phi) is 3.21. The zero-order valence-electron chi connectivity index (χ0n) is 8.66. The summed E-state index contributed by atoms with van der Waals surface area (Å²) in [6, 6.07) is 0.152. The van der Waals surface area contributed by atoms with Crippen molar-refractivity contribution in [1.82, 2.24) is 10.2 Å². The normalized spacial score (nSPS) is 31.9. The summed E-state index contributed by atoms with van der Waals surface area (Å²) in [5.74, 6) is -0.0509. The predicted octanol–water partition coefficient (Wildman–Crippen LogP) is -0.330. The van der Waals surface area contributed by atoms with E-state index in [1.165, 1.54) is 0 Å². The van der Waals surface area contributed by atoms with Crippen molar-refractivity contribution in [3.63, 3.8) is 0 Å². The second-order valence-corrected chi connectivity index (χ2v) is 4.44. The molecule has 2 aliphatic rings. The van der Waals surface area contributed by atoms with Crippen molar-refractivity contribution in [2.24, 2.45) is 0 Å². The molecule has 0 unspecified atom stereocenters. The summed E-state index contributed by atoms with van der Waals surface area (Å²) in [7, 11) is 0. The Morgan fingerprint density at radius 1 is 1.53 bits per heavy atom. The molecule has 0 aromatic carbocycles. The number of aliphatic hydroxyl groups excluding tert-OH is 1. The van der Waals surface area contributed by atoms with Gasteiger partial charge in [-0.2, -0.15) is 0 Å². The van der Waals surface area contributed by atoms with Crippen molar-refractivity contribution in [2.75, 3.05) is 19.7 Å². The van der Waals surface area contributed by atoms with E-state index in [9.17, 15) is 9.18 Å². The highest BCUT2D eigenvalue weighted by Crippen LogP contribution is 2.21. The van der Waals surface area contributed by atoms with Crippen LogP contribution in [0.2, 0.25) is 0 Å². The Bertz CT molecular complexity index is 246. The fourth-order valence-electron chi connectivity index (χ4n) is 1.99. The Morgan fingerprint density at radius 3 is 2.87 bits per heavy atom. The summed E-state index contributed by atoms with van der Waals surface area (Å²) in [5.41, 5.74) is 0. The van der Waals surface area contributed by atoms with Gasteiger partial charge >= 0.3 is 0 Å². The maximum absolute atomic E-state index is 13.1. The molecule has 86 valence electrons. The minimum absolute atomic E-state index is 0.0509. The van der Waals surface area contributed by atoms with Gasteiger partial charge in [0.1, 0.15) is 6.17 Å². The Hall–Kier alpha value is -0.680. The molecule has 1 saturated carbocycles. The molecule has 1 aliphatic carbocycles. The second kappa shape index (κ2) is 4.45. The number of rotatable bonds is 4. The topological polar surface area (TPSA) is 52.6 Å². The first-order valence-electron chi connectivity index (χ1n) is 5.47. The van der Waals surface area contributed by atoms with Gasteiger partial charge in [-0.3, -0.25) is 9.69 Å². The lowest BCUT2D eigenvalue weighted by Crippen LogP contribution is -2.41. The third-order valence-corrected chi connectivity index (χ3v) is 2.98. The van der Waals surface area contributed by atoms with Gasteiger partial charge in [-0.15, -0.1) is 0 Å². The number of halogens is 1. The van der Waals surface area contributed by atoms with Crippen LogP contribution in [0.15, 0.2) is 0 Å². The molecule has 0 aromatic heterocycles. The number of nitrogens with zero attached hydrogens (tertiary/aromatic N) is 1. The molecule has 1 saturated heterocycles. The number of nitrogens with one attached hydrogen (secondary N) is 1. The summed E-state index contributed by atoms with van der Waals surface area (Å²) < 4.78 is 13.1. The van der Waals surface area contributed by atoms with Crippen LogP contribution in [0.3, 0.4) is 0 Å². The Labute approximate surface area is 88.4 Å². The number of hydrogen-bond donors (Lipinski definition) is 2. The van der Waals surface area contributed by atoms with E-state index in [4.69, 9.17) is 5.11 Å². The molecule has 1 amide bonds. The molecule has 0 spiro atoms. The van der Waals surface area contributed by atoms with Crippen LogP contribution in [0, 0.1) is 0 Å². The van der Waals surface area contributed by atoms with Crippen molar-refractivity contribution in [3.8, 4) is 0 Å². The molecule has 2 rings (SSSR count). The van der Waals surface area contributed by atoms with Crippen LogP contribution in [0.5, 0.6) is 0 Å². The minimum atomic E-state index is -0.907. The van der Waals surface area contributed by atoms with Crippen LogP contribution in [-0.4, -0.2) is 53.9 Å². The molecule has 2 fully saturated rings. The van der Waals surface area contributed by atoms with E-state index >= 15 is 0 Å². The monoisotopic (exact) mass is 216 g/mol. The van der Waals surface area contributed by atoms with Gasteiger partial charge < -0.3 is 10.4 Å². The van der Waals surface area contributed by atoms with Crippen LogP contribution in [0.25, 0.3) is 0 Å². The van der Waals surface area contributed by atoms with E-state index < -0.39 is 6.17 Å². The number of carbonyl (C=O) groups excluding carboxylic acids is 1. The second-order valence-electron chi connectivity index (χ2n) is 4.44. The molecule has 4 nitrogen and oxygen atoms in total. The van der Waals surface area contributed by atoms with Crippen LogP contribution >= 0.6 is 0 Å². The van der Waals surface area contributed by atoms with Gasteiger partial charge in [0.2, 0.25) is 5.91 Å². The zero-order valence-corrected chi connectivity index (χ0v) is 8.66. The van der Waals surface area contributed by atoms with Gasteiger partial charge in [-0.05, 0) is 19.3 Å². The number of carbonyl (C=O) groups is 1. The summed E-state index contributed by atoms with van der Waals surface area (Å²) >= 11 is 0. The molecule has 15 heavy (non-hydrogen) atoms. The van der Waals surface area contributed by atoms with Crippen LogP contribution in [0.1, 0.15) is 19.3 Å². The molecule has 1 heterocycles. The molecule has 0 aromatic rings. The molecule has 2 N–H and O–H groups in total. The highest BCUT2D eigenvalue weighted by molar-refractivity contribution is 5.78. The van der Waals surface area contributed by atoms with Crippen LogP contribution in [-0.2, 0) is 4.79 Å². The molecule has 0 bridgehead atoms. The number of aliphatic hydroxyl groups is 1. The molecular weight excluding hydrogens is 199 g/mol. The summed E-state index contributed by atoms with van der Waals surface area (Å²) in [6.07, 6.45) is 1.55. The Morgan fingerprint density at radius 2 is 2.27 bits per heavy atom. The van der Waals surface area contributed by atoms with Crippen molar-refractivity contribution < 1.29 is 14.3 Å². The molecule has 1 aliphatic heterocycles. The summed E-state index contributed by atoms with van der Waals surface area (Å²) in [5, 5.41) is 11.9. The third kappa shape index (κ3) is 2.89. The smallest absolute Gasteiger partial charge is 0.234 e. The van der Waals surface area contributed by atoms with Gasteiger partial charge in [0.05, 0.1) is 13.2 Å². The lowest BCUT2D eigenvalue weighted by atomic mass is 10.2. The maximum Gasteiger partial charge on any atom is 0.234 e. The molecule has 2 atom stereocenters. The van der Waals surface area contributed by atoms with E-state index in [1.807, 2.05) is 0 Å². The predicted molar refractivity (Wildman–Crippen MR) is 53.1 cm³/mol. The minimum Gasteiger partial charge on any atom is -0.395 e. The van der Waals surface area contributed by atoms with Crippen molar-refractivity contribution in [3.05, 3.63) is 0 Å². The first-order valence-corrected chi connectivity index (χ1v) is 5.47. The van der Waals surface area contributed by atoms with E-state index in [-0.39, 0.29) is 31.6 Å². The summed E-state index contributed by atoms with van der Waals surface area (Å²) in [6.45, 7) is 0.405. The number of likely N-dealkylation sites (tertiary alicyclic amines) is 1. The van der Waals surface area contributed by atoms with E-state index in [2.05, 4.69) is 5.32 Å². The summed E-state index contributed by atoms with van der Waals surface area (Å²) in [4.78, 5) is 13.2. The lowest BCUT2D eigenvalue weighted by Gasteiger charge is -2.21. The first-order chi connectivity index (χ1) is 7.19. The third-order valence-electron chi connectivity index (χ3n) is 2.98. The van der Waals surface area contributed by atoms with Crippen molar-refractivity contribution >= 4 is 5.91 Å². The number of alkyl halides is 1. The molecule has 5 heteroatoms. The molecular formula is C10H17FN2O2. The number of hydrogen-bond acceptors (Lipinski definition) is 3. The van der Waals surface area contributed by atoms with E-state index in [0.717, 1.165) is 12.8 Å². The lowest BCUT2D eigenvalue weighted by molar-refractivity contribution is -0.122. The van der Waals surface area contributed by atoms with E-state index in [0.29, 0.717) is 12.5 Å². The van der Waals surface area contributed by atoms with Crippen LogP contribution < -0.4 is 5.32 Å². The van der Waals surface area contributed by atoms with Gasteiger partial charge in [0.25, 0.3) is 0 Å². The average molecular weight is 216 g/mol. The fraction of sp³-hybridized carbons (Fsp3) is 0.900. The quantitative estimate of drug-likeness (QED) is 0.676. The van der Waals surface area contributed by atoms with Gasteiger partial charge in [0.15, 0.2) is 0 Å². The highest BCUT2D eigenvalue weighted by Gasteiger charge is 2.33. The fourth-order valence-corrected chi connectivity index (χ4v) is 1.99. The van der Waals surface area contributed by atoms with Crippen LogP contribution in [0.4, 0.5) is 4.39 Å². The first kappa shape index (κ1) is 10.8. The van der Waals surface area contributed by atoms with Crippen molar-refractivity contribution in [1.29, 1.82) is 0 Å². The van der Waals surface area contributed by atoms with Gasteiger partial charge in [-0.1, -0.05) is 0 Å². The SMILES string of the molecule is O=C(CN1C[C@@H](F)C[C@H]1CO)NC1CC1. The average Bonchev–Trinajstić information content (AvgIpc) is 2.90. The molecule has 0 radical (unpaired) electrons. The Balaban J connectivity index is 1.78. The maximum atomic E-state index is 13.1.